The third-order valence-corrected chi connectivity index (χ3v) is 7.08. The summed E-state index contributed by atoms with van der Waals surface area (Å²) >= 11 is 0. The predicted octanol–water partition coefficient (Wildman–Crippen LogP) is 4.41. The molecule has 2 aromatic carbocycles. The first-order valence-corrected chi connectivity index (χ1v) is 12.0. The fourth-order valence-electron chi connectivity index (χ4n) is 4.99. The number of carboxylic acids is 1. The van der Waals surface area contributed by atoms with Crippen LogP contribution in [0.15, 0.2) is 48.5 Å². The van der Waals surface area contributed by atoms with Crippen LogP contribution >= 0.6 is 0 Å². The smallest absolute Gasteiger partial charge is 0.407 e. The van der Waals surface area contributed by atoms with Gasteiger partial charge in [-0.2, -0.15) is 0 Å². The maximum atomic E-state index is 13.1. The van der Waals surface area contributed by atoms with E-state index >= 15 is 0 Å². The molecule has 1 aliphatic heterocycles. The van der Waals surface area contributed by atoms with Gasteiger partial charge < -0.3 is 20.1 Å². The molecule has 1 saturated heterocycles. The van der Waals surface area contributed by atoms with E-state index in [0.717, 1.165) is 35.1 Å². The third kappa shape index (κ3) is 4.65. The molecule has 0 saturated carbocycles. The lowest BCUT2D eigenvalue weighted by atomic mass is 9.90. The molecule has 1 aliphatic carbocycles. The molecule has 2 N–H and O–H groups in total. The van der Waals surface area contributed by atoms with E-state index in [4.69, 9.17) is 4.74 Å². The van der Waals surface area contributed by atoms with Gasteiger partial charge in [0.1, 0.15) is 12.6 Å². The van der Waals surface area contributed by atoms with Crippen molar-refractivity contribution in [2.75, 3.05) is 19.7 Å². The zero-order valence-electron chi connectivity index (χ0n) is 19.8. The third-order valence-electron chi connectivity index (χ3n) is 7.08. The molecule has 4 rings (SSSR count). The van der Waals surface area contributed by atoms with E-state index < -0.39 is 23.5 Å². The second kappa shape index (κ2) is 9.87. The minimum atomic E-state index is -0.950. The highest BCUT2D eigenvalue weighted by atomic mass is 16.5. The number of alkyl carbamates (subject to hydrolysis) is 1. The van der Waals surface area contributed by atoms with Crippen LogP contribution in [-0.4, -0.2) is 53.7 Å². The number of carbonyl (C=O) groups excluding carboxylic acids is 2. The molecule has 2 atom stereocenters. The van der Waals surface area contributed by atoms with Crippen molar-refractivity contribution in [1.82, 2.24) is 10.2 Å². The summed E-state index contributed by atoms with van der Waals surface area (Å²) in [6, 6.07) is 15.5. The molecule has 0 bridgehead atoms. The minimum Gasteiger partial charge on any atom is -0.481 e. The number of hydrogen-bond donors (Lipinski definition) is 2. The highest BCUT2D eigenvalue weighted by molar-refractivity contribution is 5.87. The maximum absolute atomic E-state index is 13.1. The van der Waals surface area contributed by atoms with Crippen LogP contribution < -0.4 is 5.32 Å². The zero-order chi connectivity index (χ0) is 24.3. The van der Waals surface area contributed by atoms with Crippen molar-refractivity contribution in [2.45, 2.75) is 51.5 Å². The fourth-order valence-corrected chi connectivity index (χ4v) is 4.99. The number of hydrogen-bond acceptors (Lipinski definition) is 4. The lowest BCUT2D eigenvalue weighted by Gasteiger charge is -2.25. The number of fused-ring (bicyclic) bond motifs is 3. The van der Waals surface area contributed by atoms with Crippen molar-refractivity contribution in [3.05, 3.63) is 59.7 Å². The SMILES string of the molecule is CCCC[C@H](NC(=O)OCC1c2ccccc2-c2ccccc21)C(=O)N1CCC(C)(C(=O)O)C1. The highest BCUT2D eigenvalue weighted by Gasteiger charge is 2.43. The highest BCUT2D eigenvalue weighted by Crippen LogP contribution is 2.44. The molecule has 2 aliphatic rings. The van der Waals surface area contributed by atoms with Crippen LogP contribution in [0, 0.1) is 5.41 Å². The molecule has 2 aromatic rings. The molecule has 1 fully saturated rings. The summed E-state index contributed by atoms with van der Waals surface area (Å²) in [5.74, 6) is -1.21. The van der Waals surface area contributed by atoms with Crippen molar-refractivity contribution in [2.24, 2.45) is 5.41 Å². The van der Waals surface area contributed by atoms with Gasteiger partial charge in [-0.1, -0.05) is 68.3 Å². The van der Waals surface area contributed by atoms with E-state index in [2.05, 4.69) is 29.6 Å². The first-order valence-electron chi connectivity index (χ1n) is 12.0. The van der Waals surface area contributed by atoms with Crippen LogP contribution in [0.4, 0.5) is 4.79 Å². The van der Waals surface area contributed by atoms with Crippen LogP contribution in [0.5, 0.6) is 0 Å². The predicted molar refractivity (Wildman–Crippen MR) is 128 cm³/mol. The quantitative estimate of drug-likeness (QED) is 0.603. The molecule has 0 spiro atoms. The standard InChI is InChI=1S/C27H32N2O5/c1-3-4-13-23(24(30)29-15-14-27(2,17-29)25(31)32)28-26(33)34-16-22-20-11-7-5-9-18(20)19-10-6-8-12-21(19)22/h5-12,22-23H,3-4,13-17H2,1-2H3,(H,28,33)(H,31,32)/t23-,27?/m0/s1. The number of carbonyl (C=O) groups is 3. The summed E-state index contributed by atoms with van der Waals surface area (Å²) in [5.41, 5.74) is 3.60. The van der Waals surface area contributed by atoms with Crippen molar-refractivity contribution in [3.63, 3.8) is 0 Å². The number of unbranched alkanes of at least 4 members (excludes halogenated alkanes) is 1. The fraction of sp³-hybridized carbons (Fsp3) is 0.444. The van der Waals surface area contributed by atoms with Gasteiger partial charge in [-0.3, -0.25) is 9.59 Å². The summed E-state index contributed by atoms with van der Waals surface area (Å²) in [6.07, 6.45) is 1.91. The van der Waals surface area contributed by atoms with Gasteiger partial charge in [0.15, 0.2) is 0 Å². The van der Waals surface area contributed by atoms with E-state index in [9.17, 15) is 19.5 Å². The van der Waals surface area contributed by atoms with E-state index in [-0.39, 0.29) is 25.0 Å². The lowest BCUT2D eigenvalue weighted by molar-refractivity contribution is -0.147. The molecular formula is C27H32N2O5. The molecule has 180 valence electrons. The van der Waals surface area contributed by atoms with E-state index in [1.807, 2.05) is 31.2 Å². The number of benzene rings is 2. The van der Waals surface area contributed by atoms with Crippen LogP contribution in [0.1, 0.15) is 56.6 Å². The molecular weight excluding hydrogens is 432 g/mol. The second-order valence-corrected chi connectivity index (χ2v) is 9.54. The van der Waals surface area contributed by atoms with Gasteiger partial charge in [0, 0.05) is 19.0 Å². The monoisotopic (exact) mass is 464 g/mol. The molecule has 7 nitrogen and oxygen atoms in total. The van der Waals surface area contributed by atoms with Crippen LogP contribution in [-0.2, 0) is 14.3 Å². The summed E-state index contributed by atoms with van der Waals surface area (Å²) in [4.78, 5) is 39.0. The Morgan fingerprint density at radius 3 is 2.29 bits per heavy atom. The number of carboxylic acid groups (broad SMARTS) is 1. The van der Waals surface area contributed by atoms with Crippen molar-refractivity contribution in [3.8, 4) is 11.1 Å². The lowest BCUT2D eigenvalue weighted by Crippen LogP contribution is -2.49. The van der Waals surface area contributed by atoms with Gasteiger partial charge in [0.25, 0.3) is 0 Å². The van der Waals surface area contributed by atoms with Crippen molar-refractivity contribution < 1.29 is 24.2 Å². The average molecular weight is 465 g/mol. The minimum absolute atomic E-state index is 0.0576. The Kier molecular flexibility index (Phi) is 6.91. The average Bonchev–Trinajstić information content (AvgIpc) is 3.39. The maximum Gasteiger partial charge on any atom is 0.407 e. The first-order chi connectivity index (χ1) is 16.3. The van der Waals surface area contributed by atoms with Crippen LogP contribution in [0.25, 0.3) is 11.1 Å². The molecule has 1 unspecified atom stereocenters. The summed E-state index contributed by atoms with van der Waals surface area (Å²) in [6.45, 7) is 4.37. The van der Waals surface area contributed by atoms with Crippen molar-refractivity contribution in [1.29, 1.82) is 0 Å². The Balaban J connectivity index is 1.41. The topological polar surface area (TPSA) is 95.9 Å². The number of nitrogens with zero attached hydrogens (tertiary/aromatic N) is 1. The normalized spacial score (nSPS) is 19.9. The summed E-state index contributed by atoms with van der Waals surface area (Å²) in [7, 11) is 0. The Morgan fingerprint density at radius 2 is 1.74 bits per heavy atom. The Bertz CT molecular complexity index is 1040. The van der Waals surface area contributed by atoms with E-state index in [1.54, 1.807) is 11.8 Å². The number of likely N-dealkylation sites (tertiary alicyclic amines) is 1. The number of amides is 2. The number of rotatable bonds is 8. The van der Waals surface area contributed by atoms with Gasteiger partial charge in [-0.05, 0) is 42.0 Å². The second-order valence-electron chi connectivity index (χ2n) is 9.54. The summed E-state index contributed by atoms with van der Waals surface area (Å²) in [5, 5.41) is 12.2. The molecule has 1 heterocycles. The number of nitrogens with one attached hydrogen (secondary N) is 1. The number of aliphatic carboxylic acids is 1. The Hall–Kier alpha value is -3.35. The molecule has 34 heavy (non-hydrogen) atoms. The van der Waals surface area contributed by atoms with Gasteiger partial charge in [0.05, 0.1) is 5.41 Å². The van der Waals surface area contributed by atoms with Gasteiger partial charge in [0.2, 0.25) is 5.91 Å². The molecule has 7 heteroatoms. The molecule has 0 radical (unpaired) electrons. The van der Waals surface area contributed by atoms with E-state index in [1.165, 1.54) is 0 Å². The first kappa shape index (κ1) is 23.8. The van der Waals surface area contributed by atoms with Crippen LogP contribution in [0.2, 0.25) is 0 Å². The van der Waals surface area contributed by atoms with Gasteiger partial charge >= 0.3 is 12.1 Å². The summed E-state index contributed by atoms with van der Waals surface area (Å²) < 4.78 is 5.63. The molecule has 0 aromatic heterocycles. The van der Waals surface area contributed by atoms with Gasteiger partial charge in [-0.25, -0.2) is 4.79 Å². The largest absolute Gasteiger partial charge is 0.481 e. The van der Waals surface area contributed by atoms with E-state index in [0.29, 0.717) is 19.4 Å². The van der Waals surface area contributed by atoms with Gasteiger partial charge in [-0.15, -0.1) is 0 Å². The number of ether oxygens (including phenoxy) is 1. The van der Waals surface area contributed by atoms with Crippen LogP contribution in [0.3, 0.4) is 0 Å². The zero-order valence-corrected chi connectivity index (χ0v) is 19.8. The van der Waals surface area contributed by atoms with Crippen molar-refractivity contribution >= 4 is 18.0 Å². The molecule has 2 amide bonds. The Morgan fingerprint density at radius 1 is 1.12 bits per heavy atom. The Labute approximate surface area is 200 Å².